The van der Waals surface area contributed by atoms with E-state index in [2.05, 4.69) is 35.3 Å². The maximum atomic E-state index is 12.8. The van der Waals surface area contributed by atoms with E-state index >= 15 is 0 Å². The van der Waals surface area contributed by atoms with Crippen LogP contribution in [0.25, 0.3) is 67.6 Å². The summed E-state index contributed by atoms with van der Waals surface area (Å²) in [6.45, 7) is 0. The number of para-hydroxylation sites is 2. The molecular weight excluding hydrogens is 501 g/mol. The number of nitrogens with zero attached hydrogens (tertiary/aromatic N) is 3. The van der Waals surface area contributed by atoms with Gasteiger partial charge in [-0.2, -0.15) is 0 Å². The SMILES string of the molecule is [Li+].[O-]c1ccc(-c2cccc(-c3nc(-c4ccccc4)cc(-c4ccccc4)n3)c2)cc1-c1nc2ccccc2o1. The van der Waals surface area contributed by atoms with Crippen molar-refractivity contribution < 1.29 is 28.4 Å². The van der Waals surface area contributed by atoms with Crippen LogP contribution in [0.3, 0.4) is 0 Å². The maximum absolute atomic E-state index is 12.8. The summed E-state index contributed by atoms with van der Waals surface area (Å²) in [5, 5.41) is 12.8. The molecule has 5 aromatic carbocycles. The molecule has 7 rings (SSSR count). The van der Waals surface area contributed by atoms with Gasteiger partial charge in [-0.25, -0.2) is 15.0 Å². The Bertz CT molecular complexity index is 1880. The number of oxazole rings is 1. The first-order valence-corrected chi connectivity index (χ1v) is 13.0. The van der Waals surface area contributed by atoms with Crippen LogP contribution in [-0.4, -0.2) is 15.0 Å². The van der Waals surface area contributed by atoms with Crippen LogP contribution in [0.4, 0.5) is 0 Å². The average molecular weight is 524 g/mol. The Hall–Kier alpha value is -4.95. The minimum absolute atomic E-state index is 0. The smallest absolute Gasteiger partial charge is 0.872 e. The van der Waals surface area contributed by atoms with Crippen LogP contribution in [0.15, 0.2) is 138 Å². The molecule has 0 saturated heterocycles. The van der Waals surface area contributed by atoms with Gasteiger partial charge in [0.05, 0.1) is 11.4 Å². The molecule has 0 aliphatic carbocycles. The summed E-state index contributed by atoms with van der Waals surface area (Å²) < 4.78 is 5.90. The molecule has 0 saturated carbocycles. The van der Waals surface area contributed by atoms with Crippen LogP contribution in [-0.2, 0) is 0 Å². The van der Waals surface area contributed by atoms with Gasteiger partial charge in [0, 0.05) is 22.3 Å². The van der Waals surface area contributed by atoms with Gasteiger partial charge >= 0.3 is 18.9 Å². The Morgan fingerprint density at radius 1 is 0.488 bits per heavy atom. The van der Waals surface area contributed by atoms with Crippen LogP contribution < -0.4 is 24.0 Å². The topological polar surface area (TPSA) is 74.9 Å². The third-order valence-corrected chi connectivity index (χ3v) is 6.82. The molecule has 0 bridgehead atoms. The van der Waals surface area contributed by atoms with Gasteiger partial charge in [-0.3, -0.25) is 0 Å². The van der Waals surface area contributed by atoms with E-state index in [0.29, 0.717) is 28.4 Å². The van der Waals surface area contributed by atoms with Gasteiger partial charge in [-0.15, -0.1) is 0 Å². The van der Waals surface area contributed by atoms with Gasteiger partial charge in [0.1, 0.15) is 5.52 Å². The molecule has 0 aliphatic heterocycles. The van der Waals surface area contributed by atoms with Crippen molar-refractivity contribution >= 4 is 11.1 Å². The monoisotopic (exact) mass is 523 g/mol. The second-order valence-corrected chi connectivity index (χ2v) is 9.47. The summed E-state index contributed by atoms with van der Waals surface area (Å²) >= 11 is 0. The summed E-state index contributed by atoms with van der Waals surface area (Å²) in [6, 6.07) is 43.0. The van der Waals surface area contributed by atoms with E-state index in [-0.39, 0.29) is 24.6 Å². The molecule has 2 heterocycles. The number of hydrogen-bond acceptors (Lipinski definition) is 5. The predicted molar refractivity (Wildman–Crippen MR) is 156 cm³/mol. The van der Waals surface area contributed by atoms with Crippen LogP contribution >= 0.6 is 0 Å². The molecule has 41 heavy (non-hydrogen) atoms. The molecule has 5 nitrogen and oxygen atoms in total. The summed E-state index contributed by atoms with van der Waals surface area (Å²) in [5.74, 6) is 0.801. The molecule has 7 aromatic rings. The van der Waals surface area contributed by atoms with Gasteiger partial charge < -0.3 is 9.52 Å². The van der Waals surface area contributed by atoms with Crippen LogP contribution in [0.1, 0.15) is 0 Å². The molecule has 0 N–H and O–H groups in total. The first-order valence-electron chi connectivity index (χ1n) is 13.0. The van der Waals surface area contributed by atoms with E-state index in [9.17, 15) is 5.11 Å². The normalized spacial score (nSPS) is 10.8. The molecule has 6 heteroatoms. The van der Waals surface area contributed by atoms with Gasteiger partial charge in [-0.05, 0) is 41.5 Å². The summed E-state index contributed by atoms with van der Waals surface area (Å²) in [4.78, 5) is 14.4. The average Bonchev–Trinajstić information content (AvgIpc) is 3.46. The fourth-order valence-electron chi connectivity index (χ4n) is 4.79. The zero-order valence-electron chi connectivity index (χ0n) is 22.4. The van der Waals surface area contributed by atoms with Gasteiger partial charge in [0.2, 0.25) is 5.89 Å². The van der Waals surface area contributed by atoms with E-state index < -0.39 is 0 Å². The Balaban J connectivity index is 0.00000302. The van der Waals surface area contributed by atoms with E-state index in [1.165, 1.54) is 0 Å². The first kappa shape index (κ1) is 26.3. The van der Waals surface area contributed by atoms with Crippen LogP contribution in [0, 0.1) is 0 Å². The predicted octanol–water partition coefficient (Wildman–Crippen LogP) is 5.03. The van der Waals surface area contributed by atoms with Crippen molar-refractivity contribution in [3.05, 3.63) is 133 Å². The number of hydrogen-bond donors (Lipinski definition) is 0. The molecule has 0 spiro atoms. The Labute approximate surface area is 249 Å². The quantitative estimate of drug-likeness (QED) is 0.296. The van der Waals surface area contributed by atoms with Crippen molar-refractivity contribution in [3.63, 3.8) is 0 Å². The number of fused-ring (bicyclic) bond motifs is 1. The van der Waals surface area contributed by atoms with Gasteiger partial charge in [0.15, 0.2) is 11.4 Å². The molecule has 0 amide bonds. The summed E-state index contributed by atoms with van der Waals surface area (Å²) in [6.07, 6.45) is 0. The minimum Gasteiger partial charge on any atom is -0.872 e. The molecular formula is C35H22LiN3O2. The number of aromatic nitrogens is 3. The van der Waals surface area contributed by atoms with E-state index in [1.807, 2.05) is 97.1 Å². The largest absolute Gasteiger partial charge is 1.00 e. The molecule has 0 radical (unpaired) electrons. The number of rotatable bonds is 5. The Morgan fingerprint density at radius 2 is 1.07 bits per heavy atom. The molecule has 2 aromatic heterocycles. The van der Waals surface area contributed by atoms with E-state index in [1.54, 1.807) is 6.07 Å². The maximum Gasteiger partial charge on any atom is 1.00 e. The summed E-state index contributed by atoms with van der Waals surface area (Å²) in [7, 11) is 0. The van der Waals surface area contributed by atoms with E-state index in [0.717, 1.165) is 39.2 Å². The molecule has 0 atom stereocenters. The van der Waals surface area contributed by atoms with Crippen molar-refractivity contribution in [3.8, 4) is 62.2 Å². The second kappa shape index (κ2) is 11.3. The third kappa shape index (κ3) is 5.29. The van der Waals surface area contributed by atoms with Crippen LogP contribution in [0.2, 0.25) is 0 Å². The third-order valence-electron chi connectivity index (χ3n) is 6.82. The standard InChI is InChI=1S/C35H23N3O2.Li/c39-32-19-18-26(21-28(32)35-38-29-16-7-8-17-33(29)40-35)25-14-9-15-27(20-25)34-36-30(23-10-3-1-4-11-23)22-31(37-34)24-12-5-2-6-13-24;/h1-22,39H;/q;+1/p-1. The molecule has 0 fully saturated rings. The fourth-order valence-corrected chi connectivity index (χ4v) is 4.79. The Kier molecular flexibility index (Phi) is 7.22. The number of benzene rings is 5. The van der Waals surface area contributed by atoms with Crippen molar-refractivity contribution in [1.82, 2.24) is 15.0 Å². The van der Waals surface area contributed by atoms with Gasteiger partial charge in [0.25, 0.3) is 0 Å². The molecule has 190 valence electrons. The van der Waals surface area contributed by atoms with Gasteiger partial charge in [-0.1, -0.05) is 109 Å². The van der Waals surface area contributed by atoms with Crippen LogP contribution in [0.5, 0.6) is 5.75 Å². The summed E-state index contributed by atoms with van der Waals surface area (Å²) in [5.41, 5.74) is 8.22. The van der Waals surface area contributed by atoms with Crippen molar-refractivity contribution in [1.29, 1.82) is 0 Å². The van der Waals surface area contributed by atoms with Crippen molar-refractivity contribution in [2.75, 3.05) is 0 Å². The Morgan fingerprint density at radius 3 is 1.76 bits per heavy atom. The zero-order valence-corrected chi connectivity index (χ0v) is 22.4. The van der Waals surface area contributed by atoms with Crippen molar-refractivity contribution in [2.24, 2.45) is 0 Å². The molecule has 0 aliphatic rings. The molecule has 0 unspecified atom stereocenters. The zero-order chi connectivity index (χ0) is 26.9. The van der Waals surface area contributed by atoms with Crippen molar-refractivity contribution in [2.45, 2.75) is 0 Å². The first-order chi connectivity index (χ1) is 19.7. The fraction of sp³-hybridized carbons (Fsp3) is 0. The minimum atomic E-state index is -0.141. The van der Waals surface area contributed by atoms with E-state index in [4.69, 9.17) is 14.4 Å². The second-order valence-electron chi connectivity index (χ2n) is 9.47.